The number of rotatable bonds is 8. The SMILES string of the molecule is CNC(=O)C1(NC(=O)C(=O)c2c(C[C@H]3C4C[C@H]43)[nH]c(C(=O)Nc3cc(F)c(F)c(F)c3)c2C)CC(F)(F)C1. The molecule has 3 saturated carbocycles. The smallest absolute Gasteiger partial charge is 0.293 e. The fraction of sp³-hybridized carbons (Fsp3) is 0.440. The molecule has 0 bridgehead atoms. The van der Waals surface area contributed by atoms with Crippen molar-refractivity contribution >= 4 is 29.2 Å². The van der Waals surface area contributed by atoms with Crippen LogP contribution >= 0.6 is 0 Å². The van der Waals surface area contributed by atoms with E-state index in [1.807, 2.05) is 0 Å². The number of ketones is 1. The molecule has 0 radical (unpaired) electrons. The van der Waals surface area contributed by atoms with Crippen LogP contribution in [-0.2, 0) is 16.0 Å². The molecule has 4 N–H and O–H groups in total. The van der Waals surface area contributed by atoms with Gasteiger partial charge < -0.3 is 20.9 Å². The van der Waals surface area contributed by atoms with Crippen LogP contribution in [-0.4, -0.2) is 47.0 Å². The normalized spacial score (nSPS) is 23.5. The monoisotopic (exact) mass is 538 g/mol. The van der Waals surface area contributed by atoms with E-state index in [4.69, 9.17) is 0 Å². The van der Waals surface area contributed by atoms with Gasteiger partial charge in [-0.3, -0.25) is 19.2 Å². The molecule has 3 fully saturated rings. The molecule has 0 spiro atoms. The molecule has 3 atom stereocenters. The van der Waals surface area contributed by atoms with Crippen LogP contribution in [0.2, 0.25) is 0 Å². The lowest BCUT2D eigenvalue weighted by Gasteiger charge is -2.45. The molecule has 1 heterocycles. The predicted octanol–water partition coefficient (Wildman–Crippen LogP) is 3.01. The van der Waals surface area contributed by atoms with E-state index in [9.17, 15) is 41.1 Å². The number of carbonyl (C=O) groups is 4. The molecule has 8 nitrogen and oxygen atoms in total. The van der Waals surface area contributed by atoms with Crippen molar-refractivity contribution < 1.29 is 41.1 Å². The van der Waals surface area contributed by atoms with Crippen LogP contribution in [0, 0.1) is 42.1 Å². The summed E-state index contributed by atoms with van der Waals surface area (Å²) in [5, 5.41) is 6.60. The molecule has 1 aromatic heterocycles. The molecule has 0 saturated heterocycles. The molecule has 38 heavy (non-hydrogen) atoms. The number of alkyl halides is 2. The summed E-state index contributed by atoms with van der Waals surface area (Å²) in [7, 11) is 1.22. The largest absolute Gasteiger partial charge is 0.357 e. The summed E-state index contributed by atoms with van der Waals surface area (Å²) in [4.78, 5) is 54.2. The number of carbonyl (C=O) groups excluding carboxylic acids is 4. The maximum absolute atomic E-state index is 13.6. The topological polar surface area (TPSA) is 120 Å². The van der Waals surface area contributed by atoms with Crippen molar-refractivity contribution in [2.24, 2.45) is 17.8 Å². The summed E-state index contributed by atoms with van der Waals surface area (Å²) >= 11 is 0. The Hall–Kier alpha value is -3.77. The van der Waals surface area contributed by atoms with Gasteiger partial charge in [-0.1, -0.05) is 0 Å². The third-order valence-electron chi connectivity index (χ3n) is 7.66. The minimum absolute atomic E-state index is 0.0444. The Bertz CT molecular complexity index is 1370. The maximum atomic E-state index is 13.6. The second kappa shape index (κ2) is 8.63. The van der Waals surface area contributed by atoms with E-state index < -0.39 is 65.3 Å². The van der Waals surface area contributed by atoms with Crippen LogP contribution in [0.4, 0.5) is 27.6 Å². The van der Waals surface area contributed by atoms with Gasteiger partial charge in [0.2, 0.25) is 5.91 Å². The number of aromatic nitrogens is 1. The van der Waals surface area contributed by atoms with Crippen LogP contribution in [0.15, 0.2) is 12.1 Å². The second-order valence-corrected chi connectivity index (χ2v) is 10.3. The van der Waals surface area contributed by atoms with Gasteiger partial charge in [-0.25, -0.2) is 22.0 Å². The first kappa shape index (κ1) is 25.9. The molecule has 3 amide bonds. The Labute approximate surface area is 212 Å². The second-order valence-electron chi connectivity index (χ2n) is 10.3. The van der Waals surface area contributed by atoms with Crippen molar-refractivity contribution in [2.45, 2.75) is 44.1 Å². The molecular formula is C25H23F5N4O4. The van der Waals surface area contributed by atoms with Gasteiger partial charge in [0, 0.05) is 43.4 Å². The van der Waals surface area contributed by atoms with Crippen molar-refractivity contribution in [3.63, 3.8) is 0 Å². The summed E-state index contributed by atoms with van der Waals surface area (Å²) in [5.41, 5.74) is -2.34. The summed E-state index contributed by atoms with van der Waals surface area (Å²) in [5.74, 6) is -10.9. The Morgan fingerprint density at radius 1 is 1.05 bits per heavy atom. The van der Waals surface area contributed by atoms with Gasteiger partial charge >= 0.3 is 0 Å². The van der Waals surface area contributed by atoms with Crippen LogP contribution in [0.5, 0.6) is 0 Å². The fourth-order valence-corrected chi connectivity index (χ4v) is 5.38. The van der Waals surface area contributed by atoms with Crippen LogP contribution in [0.1, 0.15) is 51.4 Å². The zero-order valence-corrected chi connectivity index (χ0v) is 20.2. The summed E-state index contributed by atoms with van der Waals surface area (Å²) in [6.45, 7) is 1.38. The van der Waals surface area contributed by atoms with Gasteiger partial charge in [0.15, 0.2) is 17.5 Å². The number of benzene rings is 1. The molecule has 202 valence electrons. The highest BCUT2D eigenvalue weighted by atomic mass is 19.3. The van der Waals surface area contributed by atoms with E-state index >= 15 is 0 Å². The zero-order valence-electron chi connectivity index (χ0n) is 20.2. The molecule has 1 unspecified atom stereocenters. The molecule has 0 aliphatic heterocycles. The average Bonchev–Trinajstić information content (AvgIpc) is 3.72. The third kappa shape index (κ3) is 4.33. The van der Waals surface area contributed by atoms with Crippen LogP contribution < -0.4 is 16.0 Å². The lowest BCUT2D eigenvalue weighted by molar-refractivity contribution is -0.164. The average molecular weight is 538 g/mol. The van der Waals surface area contributed by atoms with Gasteiger partial charge in [-0.15, -0.1) is 0 Å². The number of halogens is 5. The first-order valence-electron chi connectivity index (χ1n) is 11.9. The Morgan fingerprint density at radius 3 is 2.16 bits per heavy atom. The number of amides is 3. The number of hydrogen-bond acceptors (Lipinski definition) is 4. The minimum Gasteiger partial charge on any atom is -0.357 e. The maximum Gasteiger partial charge on any atom is 0.293 e. The van der Waals surface area contributed by atoms with E-state index in [0.717, 1.165) is 6.42 Å². The van der Waals surface area contributed by atoms with Gasteiger partial charge in [-0.05, 0) is 43.1 Å². The molecule has 3 aliphatic rings. The quantitative estimate of drug-likeness (QED) is 0.179. The standard InChI is InChI=1S/C25H23F5N4O4/c1-9-17(20(35)22(37)34-24(23(38)31-2)7-25(29,30)8-24)16(6-13-11-5-12(11)13)33-19(9)21(36)32-10-3-14(26)18(28)15(27)4-10/h3-4,11-13,33H,5-8H2,1-2H3,(H,31,38)(H,32,36)(H,34,37)/t11-,12?,13-/m1/s1. The van der Waals surface area contributed by atoms with E-state index in [0.29, 0.717) is 30.4 Å². The number of H-pyrrole nitrogens is 1. The molecule has 5 rings (SSSR count). The zero-order chi connectivity index (χ0) is 27.7. The summed E-state index contributed by atoms with van der Waals surface area (Å²) in [6, 6.07) is 1.17. The predicted molar refractivity (Wildman–Crippen MR) is 122 cm³/mol. The number of hydrogen-bond donors (Lipinski definition) is 4. The van der Waals surface area contributed by atoms with Crippen molar-refractivity contribution in [1.82, 2.24) is 15.6 Å². The number of fused-ring (bicyclic) bond motifs is 1. The number of aromatic amines is 1. The van der Waals surface area contributed by atoms with E-state index in [1.54, 1.807) is 0 Å². The van der Waals surface area contributed by atoms with E-state index in [-0.39, 0.29) is 34.1 Å². The molecule has 3 aliphatic carbocycles. The van der Waals surface area contributed by atoms with Gasteiger partial charge in [-0.2, -0.15) is 0 Å². The highest BCUT2D eigenvalue weighted by molar-refractivity contribution is 6.44. The van der Waals surface area contributed by atoms with Gasteiger partial charge in [0.25, 0.3) is 23.5 Å². The highest BCUT2D eigenvalue weighted by Gasteiger charge is 2.64. The lowest BCUT2D eigenvalue weighted by Crippen LogP contribution is -2.69. The van der Waals surface area contributed by atoms with Gasteiger partial charge in [0.05, 0.1) is 5.56 Å². The van der Waals surface area contributed by atoms with Crippen molar-refractivity contribution in [3.8, 4) is 0 Å². The fourth-order valence-electron chi connectivity index (χ4n) is 5.38. The lowest BCUT2D eigenvalue weighted by atomic mass is 9.72. The van der Waals surface area contributed by atoms with Crippen LogP contribution in [0.3, 0.4) is 0 Å². The van der Waals surface area contributed by atoms with Crippen molar-refractivity contribution in [3.05, 3.63) is 52.1 Å². The first-order chi connectivity index (χ1) is 17.8. The van der Waals surface area contributed by atoms with E-state index in [2.05, 4.69) is 20.9 Å². The Morgan fingerprint density at radius 2 is 1.66 bits per heavy atom. The Balaban J connectivity index is 1.42. The molecule has 13 heteroatoms. The molecular weight excluding hydrogens is 515 g/mol. The summed E-state index contributed by atoms with van der Waals surface area (Å²) < 4.78 is 67.7. The summed E-state index contributed by atoms with van der Waals surface area (Å²) in [6.07, 6.45) is -0.550. The van der Waals surface area contributed by atoms with Gasteiger partial charge in [0.1, 0.15) is 11.2 Å². The number of nitrogens with one attached hydrogen (secondary N) is 4. The number of anilines is 1. The third-order valence-corrected chi connectivity index (χ3v) is 7.66. The van der Waals surface area contributed by atoms with Crippen molar-refractivity contribution in [1.29, 1.82) is 0 Å². The minimum atomic E-state index is -3.18. The number of Topliss-reactive ketones (excluding diaryl/α,β-unsaturated/α-hetero) is 1. The highest BCUT2D eigenvalue weighted by Crippen LogP contribution is 2.69. The van der Waals surface area contributed by atoms with Crippen molar-refractivity contribution in [2.75, 3.05) is 12.4 Å². The Kier molecular flexibility index (Phi) is 5.88. The van der Waals surface area contributed by atoms with E-state index in [1.165, 1.54) is 14.0 Å². The molecule has 2 aromatic rings. The number of likely N-dealkylation sites (N-methyl/N-ethyl adjacent to an activating group) is 1. The molecule has 1 aromatic carbocycles. The van der Waals surface area contributed by atoms with Crippen LogP contribution in [0.25, 0.3) is 0 Å². The first-order valence-corrected chi connectivity index (χ1v) is 11.9.